The first-order valence-electron chi connectivity index (χ1n) is 8.61. The highest BCUT2D eigenvalue weighted by atomic mass is 16.5. The third kappa shape index (κ3) is 3.64. The van der Waals surface area contributed by atoms with E-state index in [1.807, 2.05) is 55.5 Å². The molecule has 1 atom stereocenters. The predicted octanol–water partition coefficient (Wildman–Crippen LogP) is 4.24. The van der Waals surface area contributed by atoms with E-state index >= 15 is 0 Å². The average molecular weight is 358 g/mol. The van der Waals surface area contributed by atoms with E-state index in [4.69, 9.17) is 4.74 Å². The Morgan fingerprint density at radius 2 is 1.89 bits per heavy atom. The maximum absolute atomic E-state index is 12.6. The molecule has 0 radical (unpaired) electrons. The van der Waals surface area contributed by atoms with Crippen LogP contribution < -0.4 is 10.1 Å². The van der Waals surface area contributed by atoms with Crippen molar-refractivity contribution in [1.29, 1.82) is 0 Å². The van der Waals surface area contributed by atoms with Crippen molar-refractivity contribution in [3.63, 3.8) is 0 Å². The van der Waals surface area contributed by atoms with Gasteiger partial charge in [0.15, 0.2) is 0 Å². The maximum Gasteiger partial charge on any atom is 0.253 e. The number of fused-ring (bicyclic) bond motifs is 1. The Labute approximate surface area is 156 Å². The standard InChI is InChI=1S/C21H18N4O2/c1-14(25-21(26)19-13-24-20-18(19)5-3-11-23-20)15-6-8-16(9-7-15)27-17-4-2-10-22-12-17/h2-14H,1H3,(H,23,24)(H,25,26). The number of nitrogens with zero attached hydrogens (tertiary/aromatic N) is 2. The first-order valence-corrected chi connectivity index (χ1v) is 8.61. The van der Waals surface area contributed by atoms with Crippen LogP contribution in [0.3, 0.4) is 0 Å². The second-order valence-electron chi connectivity index (χ2n) is 6.16. The molecule has 3 heterocycles. The molecule has 134 valence electrons. The minimum Gasteiger partial charge on any atom is -0.456 e. The van der Waals surface area contributed by atoms with Crippen molar-refractivity contribution in [1.82, 2.24) is 20.3 Å². The average Bonchev–Trinajstić information content (AvgIpc) is 3.13. The number of rotatable bonds is 5. The second kappa shape index (κ2) is 7.29. The number of pyridine rings is 2. The molecule has 0 aliphatic heterocycles. The fourth-order valence-corrected chi connectivity index (χ4v) is 2.87. The third-order valence-electron chi connectivity index (χ3n) is 4.29. The Bertz CT molecular complexity index is 1060. The Kier molecular flexibility index (Phi) is 4.53. The summed E-state index contributed by atoms with van der Waals surface area (Å²) in [6, 6.07) is 14.8. The summed E-state index contributed by atoms with van der Waals surface area (Å²) >= 11 is 0. The topological polar surface area (TPSA) is 79.9 Å². The van der Waals surface area contributed by atoms with Crippen LogP contribution in [0.15, 0.2) is 73.3 Å². The maximum atomic E-state index is 12.6. The van der Waals surface area contributed by atoms with Crippen LogP contribution in [0.25, 0.3) is 11.0 Å². The minimum absolute atomic E-state index is 0.141. The lowest BCUT2D eigenvalue weighted by Crippen LogP contribution is -2.26. The molecule has 6 heteroatoms. The minimum atomic E-state index is -0.147. The lowest BCUT2D eigenvalue weighted by Gasteiger charge is -2.15. The van der Waals surface area contributed by atoms with E-state index in [0.717, 1.165) is 10.9 Å². The summed E-state index contributed by atoms with van der Waals surface area (Å²) in [5, 5.41) is 3.83. The molecular weight excluding hydrogens is 340 g/mol. The normalized spacial score (nSPS) is 11.9. The highest BCUT2D eigenvalue weighted by Gasteiger charge is 2.15. The zero-order chi connectivity index (χ0) is 18.6. The van der Waals surface area contributed by atoms with Crippen molar-refractivity contribution < 1.29 is 9.53 Å². The summed E-state index contributed by atoms with van der Waals surface area (Å²) in [6.45, 7) is 1.95. The summed E-state index contributed by atoms with van der Waals surface area (Å²) in [5.41, 5.74) is 2.27. The molecule has 0 aliphatic rings. The van der Waals surface area contributed by atoms with Gasteiger partial charge in [0.2, 0.25) is 0 Å². The molecule has 1 unspecified atom stereocenters. The SMILES string of the molecule is CC(NC(=O)c1c[nH]c2ncccc12)c1ccc(Oc2cccnc2)cc1. The molecule has 27 heavy (non-hydrogen) atoms. The second-order valence-corrected chi connectivity index (χ2v) is 6.16. The molecule has 0 spiro atoms. The van der Waals surface area contributed by atoms with Crippen molar-refractivity contribution in [2.24, 2.45) is 0 Å². The zero-order valence-electron chi connectivity index (χ0n) is 14.7. The van der Waals surface area contributed by atoms with Gasteiger partial charge < -0.3 is 15.0 Å². The molecule has 2 N–H and O–H groups in total. The number of amides is 1. The smallest absolute Gasteiger partial charge is 0.253 e. The van der Waals surface area contributed by atoms with Crippen molar-refractivity contribution in [2.45, 2.75) is 13.0 Å². The third-order valence-corrected chi connectivity index (χ3v) is 4.29. The van der Waals surface area contributed by atoms with Gasteiger partial charge >= 0.3 is 0 Å². The number of carbonyl (C=O) groups excluding carboxylic acids is 1. The molecular formula is C21H18N4O2. The molecule has 0 fully saturated rings. The molecule has 4 aromatic rings. The van der Waals surface area contributed by atoms with Crippen LogP contribution in [0.2, 0.25) is 0 Å². The van der Waals surface area contributed by atoms with Crippen LogP contribution in [0.5, 0.6) is 11.5 Å². The van der Waals surface area contributed by atoms with Crippen LogP contribution in [0, 0.1) is 0 Å². The summed E-state index contributed by atoms with van der Waals surface area (Å²) in [6.07, 6.45) is 6.74. The van der Waals surface area contributed by atoms with Crippen LogP contribution in [-0.2, 0) is 0 Å². The quantitative estimate of drug-likeness (QED) is 0.559. The fourth-order valence-electron chi connectivity index (χ4n) is 2.87. The molecule has 6 nitrogen and oxygen atoms in total. The Hall–Kier alpha value is -3.67. The van der Waals surface area contributed by atoms with E-state index in [0.29, 0.717) is 22.7 Å². The Balaban J connectivity index is 1.45. The van der Waals surface area contributed by atoms with Gasteiger partial charge in [0, 0.05) is 24.0 Å². The number of aromatic amines is 1. The molecule has 4 rings (SSSR count). The molecule has 0 aliphatic carbocycles. The summed E-state index contributed by atoms with van der Waals surface area (Å²) < 4.78 is 5.74. The number of benzene rings is 1. The van der Waals surface area contributed by atoms with E-state index in [-0.39, 0.29) is 11.9 Å². The van der Waals surface area contributed by atoms with Gasteiger partial charge in [0.05, 0.1) is 17.8 Å². The van der Waals surface area contributed by atoms with E-state index in [1.54, 1.807) is 24.8 Å². The Morgan fingerprint density at radius 1 is 1.07 bits per heavy atom. The molecule has 0 bridgehead atoms. The molecule has 1 aromatic carbocycles. The number of hydrogen-bond acceptors (Lipinski definition) is 4. The van der Waals surface area contributed by atoms with Crippen LogP contribution in [0.4, 0.5) is 0 Å². The van der Waals surface area contributed by atoms with Gasteiger partial charge in [-0.25, -0.2) is 4.98 Å². The van der Waals surface area contributed by atoms with E-state index in [1.165, 1.54) is 0 Å². The summed E-state index contributed by atoms with van der Waals surface area (Å²) in [4.78, 5) is 23.9. The number of hydrogen-bond donors (Lipinski definition) is 2. The van der Waals surface area contributed by atoms with Crippen molar-refractivity contribution in [2.75, 3.05) is 0 Å². The molecule has 0 saturated carbocycles. The zero-order valence-corrected chi connectivity index (χ0v) is 14.7. The monoisotopic (exact) mass is 358 g/mol. The molecule has 3 aromatic heterocycles. The number of ether oxygens (including phenoxy) is 1. The summed E-state index contributed by atoms with van der Waals surface area (Å²) in [7, 11) is 0. The van der Waals surface area contributed by atoms with E-state index in [9.17, 15) is 4.79 Å². The van der Waals surface area contributed by atoms with Gasteiger partial charge in [0.25, 0.3) is 5.91 Å². The van der Waals surface area contributed by atoms with Gasteiger partial charge in [-0.15, -0.1) is 0 Å². The van der Waals surface area contributed by atoms with Crippen molar-refractivity contribution in [3.05, 3.63) is 84.4 Å². The van der Waals surface area contributed by atoms with Crippen LogP contribution >= 0.6 is 0 Å². The molecule has 0 saturated heterocycles. The number of carbonyl (C=O) groups is 1. The largest absolute Gasteiger partial charge is 0.456 e. The van der Waals surface area contributed by atoms with Gasteiger partial charge in [-0.05, 0) is 48.9 Å². The van der Waals surface area contributed by atoms with Gasteiger partial charge in [-0.2, -0.15) is 0 Å². The predicted molar refractivity (Wildman–Crippen MR) is 103 cm³/mol. The number of nitrogens with one attached hydrogen (secondary N) is 2. The van der Waals surface area contributed by atoms with E-state index in [2.05, 4.69) is 20.3 Å². The Morgan fingerprint density at radius 3 is 2.67 bits per heavy atom. The highest BCUT2D eigenvalue weighted by molar-refractivity contribution is 6.05. The molecule has 1 amide bonds. The van der Waals surface area contributed by atoms with Gasteiger partial charge in [-0.1, -0.05) is 12.1 Å². The number of H-pyrrole nitrogens is 1. The van der Waals surface area contributed by atoms with Gasteiger partial charge in [-0.3, -0.25) is 9.78 Å². The van der Waals surface area contributed by atoms with Crippen molar-refractivity contribution >= 4 is 16.9 Å². The first-order chi connectivity index (χ1) is 13.2. The lowest BCUT2D eigenvalue weighted by molar-refractivity contribution is 0.0941. The first kappa shape index (κ1) is 16.8. The van der Waals surface area contributed by atoms with E-state index < -0.39 is 0 Å². The summed E-state index contributed by atoms with van der Waals surface area (Å²) in [5.74, 6) is 1.25. The highest BCUT2D eigenvalue weighted by Crippen LogP contribution is 2.23. The number of aromatic nitrogens is 3. The van der Waals surface area contributed by atoms with Crippen LogP contribution in [-0.4, -0.2) is 20.9 Å². The fraction of sp³-hybridized carbons (Fsp3) is 0.0952. The van der Waals surface area contributed by atoms with Crippen LogP contribution in [0.1, 0.15) is 28.9 Å². The van der Waals surface area contributed by atoms with Gasteiger partial charge in [0.1, 0.15) is 17.1 Å². The van der Waals surface area contributed by atoms with Crippen molar-refractivity contribution in [3.8, 4) is 11.5 Å². The lowest BCUT2D eigenvalue weighted by atomic mass is 10.1.